The van der Waals surface area contributed by atoms with Crippen LogP contribution in [-0.2, 0) is 9.59 Å². The van der Waals surface area contributed by atoms with Gasteiger partial charge >= 0.3 is 5.97 Å². The van der Waals surface area contributed by atoms with Crippen LogP contribution in [0.3, 0.4) is 0 Å². The van der Waals surface area contributed by atoms with Crippen LogP contribution in [0.2, 0.25) is 0 Å². The zero-order chi connectivity index (χ0) is 18.4. The van der Waals surface area contributed by atoms with Crippen molar-refractivity contribution >= 4 is 39.8 Å². The second-order valence-electron chi connectivity index (χ2n) is 5.08. The summed E-state index contributed by atoms with van der Waals surface area (Å²) in [7, 11) is 0. The first-order valence-electron chi connectivity index (χ1n) is 7.22. The zero-order valence-corrected chi connectivity index (χ0v) is 14.7. The fraction of sp³-hybridized carbons (Fsp3) is 0.118. The average molecular weight is 407 g/mol. The number of carbonyl (C=O) groups excluding carboxylic acids is 2. The summed E-state index contributed by atoms with van der Waals surface area (Å²) in [6.07, 6.45) is 2.77. The van der Waals surface area contributed by atoms with E-state index < -0.39 is 23.8 Å². The Morgan fingerprint density at radius 3 is 2.60 bits per heavy atom. The second kappa shape index (κ2) is 8.29. The van der Waals surface area contributed by atoms with Crippen LogP contribution in [0.4, 0.5) is 0 Å². The molecule has 2 amide bonds. The number of rotatable bonds is 6. The number of halogens is 1. The first-order chi connectivity index (χ1) is 11.9. The number of benzene rings is 1. The maximum absolute atomic E-state index is 12.4. The van der Waals surface area contributed by atoms with Crippen LogP contribution in [0.15, 0.2) is 57.2 Å². The quantitative estimate of drug-likeness (QED) is 0.638. The Kier molecular flexibility index (Phi) is 6.13. The molecule has 7 nitrogen and oxygen atoms in total. The summed E-state index contributed by atoms with van der Waals surface area (Å²) in [5.41, 5.74) is 0.537. The molecule has 0 bridgehead atoms. The molecule has 130 valence electrons. The molecule has 0 saturated carbocycles. The predicted octanol–water partition coefficient (Wildman–Crippen LogP) is 2.40. The molecule has 1 atom stereocenters. The van der Waals surface area contributed by atoms with E-state index in [4.69, 9.17) is 9.52 Å². The van der Waals surface area contributed by atoms with Gasteiger partial charge in [0.25, 0.3) is 11.8 Å². The lowest BCUT2D eigenvalue weighted by Crippen LogP contribution is -2.42. The normalized spacial score (nSPS) is 12.3. The van der Waals surface area contributed by atoms with Gasteiger partial charge in [-0.15, -0.1) is 0 Å². The van der Waals surface area contributed by atoms with Crippen LogP contribution in [-0.4, -0.2) is 28.9 Å². The molecule has 0 radical (unpaired) electrons. The lowest BCUT2D eigenvalue weighted by molar-refractivity contribution is -0.140. The Bertz CT molecular complexity index is 814. The summed E-state index contributed by atoms with van der Waals surface area (Å²) in [4.78, 5) is 35.4. The van der Waals surface area contributed by atoms with Gasteiger partial charge in [-0.3, -0.25) is 14.4 Å². The minimum absolute atomic E-state index is 0.0271. The van der Waals surface area contributed by atoms with Gasteiger partial charge in [-0.05, 0) is 42.8 Å². The molecule has 1 aromatic carbocycles. The van der Waals surface area contributed by atoms with Gasteiger partial charge in [0, 0.05) is 4.47 Å². The highest BCUT2D eigenvalue weighted by molar-refractivity contribution is 9.10. The highest BCUT2D eigenvalue weighted by Crippen LogP contribution is 2.14. The SMILES string of the molecule is CC(NC(=O)/C(=C\c1cccc(Br)c1)NC(=O)c1ccco1)C(=O)O. The van der Waals surface area contributed by atoms with Gasteiger partial charge in [-0.25, -0.2) is 0 Å². The Labute approximate surface area is 151 Å². The van der Waals surface area contributed by atoms with Crippen molar-refractivity contribution < 1.29 is 23.9 Å². The van der Waals surface area contributed by atoms with Gasteiger partial charge in [0.05, 0.1) is 6.26 Å². The number of carboxylic acids is 1. The summed E-state index contributed by atoms with van der Waals surface area (Å²) in [6, 6.07) is 8.93. The predicted molar refractivity (Wildman–Crippen MR) is 93.5 cm³/mol. The van der Waals surface area contributed by atoms with Crippen molar-refractivity contribution in [1.82, 2.24) is 10.6 Å². The maximum atomic E-state index is 12.4. The number of nitrogens with one attached hydrogen (secondary N) is 2. The fourth-order valence-corrected chi connectivity index (χ4v) is 2.27. The molecule has 25 heavy (non-hydrogen) atoms. The highest BCUT2D eigenvalue weighted by atomic mass is 79.9. The molecule has 2 rings (SSSR count). The summed E-state index contributed by atoms with van der Waals surface area (Å²) < 4.78 is 5.78. The van der Waals surface area contributed by atoms with Gasteiger partial charge < -0.3 is 20.2 Å². The van der Waals surface area contributed by atoms with Crippen molar-refractivity contribution in [1.29, 1.82) is 0 Å². The Morgan fingerprint density at radius 1 is 1.24 bits per heavy atom. The van der Waals surface area contributed by atoms with E-state index in [0.29, 0.717) is 5.56 Å². The summed E-state index contributed by atoms with van der Waals surface area (Å²) >= 11 is 3.32. The van der Waals surface area contributed by atoms with Gasteiger partial charge in [-0.1, -0.05) is 28.1 Å². The van der Waals surface area contributed by atoms with Crippen LogP contribution in [0.25, 0.3) is 6.08 Å². The van der Waals surface area contributed by atoms with E-state index in [1.165, 1.54) is 25.3 Å². The summed E-state index contributed by atoms with van der Waals surface area (Å²) in [5, 5.41) is 13.7. The van der Waals surface area contributed by atoms with Crippen LogP contribution >= 0.6 is 15.9 Å². The van der Waals surface area contributed by atoms with E-state index in [1.54, 1.807) is 24.3 Å². The topological polar surface area (TPSA) is 109 Å². The lowest BCUT2D eigenvalue weighted by Gasteiger charge is -2.13. The number of hydrogen-bond donors (Lipinski definition) is 3. The molecule has 0 fully saturated rings. The van der Waals surface area contributed by atoms with Gasteiger partial charge in [-0.2, -0.15) is 0 Å². The molecule has 1 unspecified atom stereocenters. The standard InChI is InChI=1S/C17H15BrN2O5/c1-10(17(23)24)19-15(21)13(9-11-4-2-5-12(18)8-11)20-16(22)14-6-3-7-25-14/h2-10H,1H3,(H,19,21)(H,20,22)(H,23,24)/b13-9+. The van der Waals surface area contributed by atoms with Crippen molar-refractivity contribution in [2.24, 2.45) is 0 Å². The van der Waals surface area contributed by atoms with Crippen molar-refractivity contribution in [2.75, 3.05) is 0 Å². The maximum Gasteiger partial charge on any atom is 0.325 e. The minimum Gasteiger partial charge on any atom is -0.480 e. The minimum atomic E-state index is -1.19. The Morgan fingerprint density at radius 2 is 2.00 bits per heavy atom. The number of furan rings is 1. The highest BCUT2D eigenvalue weighted by Gasteiger charge is 2.20. The van der Waals surface area contributed by atoms with E-state index >= 15 is 0 Å². The molecule has 1 aromatic heterocycles. The summed E-state index contributed by atoms with van der Waals surface area (Å²) in [5.74, 6) is -2.51. The van der Waals surface area contributed by atoms with E-state index in [1.807, 2.05) is 6.07 Å². The molecule has 0 aliphatic carbocycles. The van der Waals surface area contributed by atoms with E-state index in [9.17, 15) is 14.4 Å². The number of amides is 2. The van der Waals surface area contributed by atoms with Gasteiger partial charge in [0.1, 0.15) is 11.7 Å². The van der Waals surface area contributed by atoms with Crippen LogP contribution in [0.5, 0.6) is 0 Å². The molecule has 2 aromatic rings. The van der Waals surface area contributed by atoms with Crippen molar-refractivity contribution in [3.8, 4) is 0 Å². The molecular weight excluding hydrogens is 392 g/mol. The van der Waals surface area contributed by atoms with Gasteiger partial charge in [0.15, 0.2) is 5.76 Å². The van der Waals surface area contributed by atoms with Crippen molar-refractivity contribution in [3.05, 3.63) is 64.2 Å². The van der Waals surface area contributed by atoms with Crippen LogP contribution in [0.1, 0.15) is 23.0 Å². The number of hydrogen-bond acceptors (Lipinski definition) is 4. The molecule has 3 N–H and O–H groups in total. The number of aliphatic carboxylic acids is 1. The third kappa shape index (κ3) is 5.32. The second-order valence-corrected chi connectivity index (χ2v) is 5.99. The van der Waals surface area contributed by atoms with Gasteiger partial charge in [0.2, 0.25) is 0 Å². The van der Waals surface area contributed by atoms with E-state index in [2.05, 4.69) is 26.6 Å². The first-order valence-corrected chi connectivity index (χ1v) is 8.02. The molecule has 0 saturated heterocycles. The van der Waals surface area contributed by atoms with Crippen LogP contribution in [0, 0.1) is 0 Å². The van der Waals surface area contributed by atoms with Crippen molar-refractivity contribution in [3.63, 3.8) is 0 Å². The van der Waals surface area contributed by atoms with Crippen LogP contribution < -0.4 is 10.6 Å². The first kappa shape index (κ1) is 18.5. The Balaban J connectivity index is 2.28. The monoisotopic (exact) mass is 406 g/mol. The molecule has 0 spiro atoms. The zero-order valence-electron chi connectivity index (χ0n) is 13.2. The summed E-state index contributed by atoms with van der Waals surface area (Å²) in [6.45, 7) is 1.32. The fourth-order valence-electron chi connectivity index (χ4n) is 1.85. The van der Waals surface area contributed by atoms with Crippen molar-refractivity contribution in [2.45, 2.75) is 13.0 Å². The third-order valence-electron chi connectivity index (χ3n) is 3.12. The van der Waals surface area contributed by atoms with E-state index in [0.717, 1.165) is 4.47 Å². The molecule has 0 aliphatic heterocycles. The molecule has 1 heterocycles. The van der Waals surface area contributed by atoms with E-state index in [-0.39, 0.29) is 11.5 Å². The third-order valence-corrected chi connectivity index (χ3v) is 3.61. The largest absolute Gasteiger partial charge is 0.480 e. The number of carboxylic acid groups (broad SMARTS) is 1. The molecular formula is C17H15BrN2O5. The average Bonchev–Trinajstić information content (AvgIpc) is 3.08. The smallest absolute Gasteiger partial charge is 0.325 e. The lowest BCUT2D eigenvalue weighted by atomic mass is 10.1. The Hall–Kier alpha value is -2.87. The molecule has 8 heteroatoms. The number of carbonyl (C=O) groups is 3. The molecule has 0 aliphatic rings.